The number of allylic oxidation sites excluding steroid dienone is 5. The molecule has 0 amide bonds. The molecule has 2 heteroatoms. The topological polar surface area (TPSA) is 12.5 Å². The van der Waals surface area contributed by atoms with Crippen molar-refractivity contribution in [3.8, 4) is 0 Å². The van der Waals surface area contributed by atoms with Gasteiger partial charge in [0.25, 0.3) is 0 Å². The number of hydrogen-bond acceptors (Lipinski definition) is 2. The highest BCUT2D eigenvalue weighted by atomic mass is 16.5. The third-order valence-corrected chi connectivity index (χ3v) is 2.10. The van der Waals surface area contributed by atoms with Crippen LogP contribution in [0.5, 0.6) is 0 Å². The Morgan fingerprint density at radius 1 is 1.12 bits per heavy atom. The van der Waals surface area contributed by atoms with Crippen LogP contribution in [0.15, 0.2) is 37.0 Å². The van der Waals surface area contributed by atoms with Crippen LogP contribution in [0.1, 0.15) is 27.7 Å². The molecular weight excluding hydrogens is 210 g/mol. The van der Waals surface area contributed by atoms with Crippen molar-refractivity contribution < 1.29 is 4.74 Å². The van der Waals surface area contributed by atoms with Crippen LogP contribution in [0, 0.1) is 0 Å². The van der Waals surface area contributed by atoms with Gasteiger partial charge in [-0.05, 0) is 13.5 Å². The second-order valence-corrected chi connectivity index (χ2v) is 3.19. The summed E-state index contributed by atoms with van der Waals surface area (Å²) in [6, 6.07) is 0. The lowest BCUT2D eigenvalue weighted by Crippen LogP contribution is -2.35. The molecule has 1 aliphatic rings. The van der Waals surface area contributed by atoms with Crippen molar-refractivity contribution in [1.29, 1.82) is 0 Å². The zero-order chi connectivity index (χ0) is 13.4. The van der Waals surface area contributed by atoms with Crippen molar-refractivity contribution in [1.82, 2.24) is 4.90 Å². The van der Waals surface area contributed by atoms with Crippen LogP contribution in [0.25, 0.3) is 0 Å². The van der Waals surface area contributed by atoms with Crippen molar-refractivity contribution >= 4 is 0 Å². The molecule has 1 fully saturated rings. The van der Waals surface area contributed by atoms with Crippen molar-refractivity contribution in [3.05, 3.63) is 37.0 Å². The van der Waals surface area contributed by atoms with E-state index < -0.39 is 0 Å². The van der Waals surface area contributed by atoms with Crippen LogP contribution in [0.4, 0.5) is 0 Å². The third kappa shape index (κ3) is 15.1. The molecule has 0 N–H and O–H groups in total. The Morgan fingerprint density at radius 3 is 2.06 bits per heavy atom. The van der Waals surface area contributed by atoms with Crippen molar-refractivity contribution in [2.45, 2.75) is 27.7 Å². The minimum absolute atomic E-state index is 0.924. The van der Waals surface area contributed by atoms with Gasteiger partial charge in [-0.1, -0.05) is 57.7 Å². The zero-order valence-corrected chi connectivity index (χ0v) is 12.0. The highest BCUT2D eigenvalue weighted by Crippen LogP contribution is 1.93. The fourth-order valence-corrected chi connectivity index (χ4v) is 1.17. The summed E-state index contributed by atoms with van der Waals surface area (Å²) in [5.74, 6) is 0. The Bertz CT molecular complexity index is 191. The van der Waals surface area contributed by atoms with Gasteiger partial charge in [0.15, 0.2) is 0 Å². The fraction of sp³-hybridized carbons (Fsp3) is 0.600. The van der Waals surface area contributed by atoms with Crippen LogP contribution < -0.4 is 0 Å². The molecule has 0 aromatic carbocycles. The van der Waals surface area contributed by atoms with Gasteiger partial charge in [-0.15, -0.1) is 0 Å². The average molecular weight is 239 g/mol. The molecular formula is C15H29NO. The summed E-state index contributed by atoms with van der Waals surface area (Å²) in [5, 5.41) is 0. The van der Waals surface area contributed by atoms with Gasteiger partial charge < -0.3 is 4.74 Å². The summed E-state index contributed by atoms with van der Waals surface area (Å²) in [5.41, 5.74) is 0. The zero-order valence-electron chi connectivity index (χ0n) is 12.0. The lowest BCUT2D eigenvalue weighted by molar-refractivity contribution is 0.0405. The Labute approximate surface area is 108 Å². The molecule has 0 aromatic heterocycles. The number of ether oxygens (including phenoxy) is 1. The van der Waals surface area contributed by atoms with Crippen molar-refractivity contribution in [3.63, 3.8) is 0 Å². The predicted octanol–water partition coefficient (Wildman–Crippen LogP) is 3.67. The van der Waals surface area contributed by atoms with Crippen LogP contribution in [-0.2, 0) is 4.74 Å². The molecule has 17 heavy (non-hydrogen) atoms. The van der Waals surface area contributed by atoms with Crippen LogP contribution >= 0.6 is 0 Å². The van der Waals surface area contributed by atoms with Gasteiger partial charge >= 0.3 is 0 Å². The monoisotopic (exact) mass is 239 g/mol. The normalized spacial score (nSPS) is 16.0. The number of rotatable bonds is 3. The van der Waals surface area contributed by atoms with E-state index in [2.05, 4.69) is 18.4 Å². The van der Waals surface area contributed by atoms with Gasteiger partial charge in [-0.2, -0.15) is 0 Å². The number of nitrogens with zero attached hydrogens (tertiary/aromatic N) is 1. The predicted molar refractivity (Wildman–Crippen MR) is 78.4 cm³/mol. The molecule has 0 saturated carbocycles. The first-order valence-corrected chi connectivity index (χ1v) is 6.55. The molecule has 0 unspecified atom stereocenters. The maximum atomic E-state index is 5.16. The first-order chi connectivity index (χ1) is 8.35. The van der Waals surface area contributed by atoms with E-state index in [9.17, 15) is 0 Å². The smallest absolute Gasteiger partial charge is 0.0594 e. The van der Waals surface area contributed by atoms with Gasteiger partial charge in [-0.25, -0.2) is 0 Å². The first kappa shape index (κ1) is 18.5. The molecule has 0 bridgehead atoms. The fourth-order valence-electron chi connectivity index (χ4n) is 1.17. The molecule has 0 radical (unpaired) electrons. The maximum Gasteiger partial charge on any atom is 0.0594 e. The SMILES string of the molecule is C=C/C=C\C=C/C.CC.CCN1CCOCC1. The quantitative estimate of drug-likeness (QED) is 0.697. The van der Waals surface area contributed by atoms with E-state index in [1.165, 1.54) is 6.54 Å². The summed E-state index contributed by atoms with van der Waals surface area (Å²) in [6.45, 7) is 16.9. The van der Waals surface area contributed by atoms with Gasteiger partial charge in [0.05, 0.1) is 13.2 Å². The minimum atomic E-state index is 0.924. The molecule has 0 atom stereocenters. The van der Waals surface area contributed by atoms with E-state index >= 15 is 0 Å². The Kier molecular flexibility index (Phi) is 19.1. The summed E-state index contributed by atoms with van der Waals surface area (Å²) >= 11 is 0. The summed E-state index contributed by atoms with van der Waals surface area (Å²) in [6.07, 6.45) is 9.51. The second-order valence-electron chi connectivity index (χ2n) is 3.19. The lowest BCUT2D eigenvalue weighted by atomic mass is 10.4. The molecule has 1 saturated heterocycles. The van der Waals surface area contributed by atoms with Gasteiger partial charge in [0, 0.05) is 13.1 Å². The molecule has 2 nitrogen and oxygen atoms in total. The van der Waals surface area contributed by atoms with Gasteiger partial charge in [0.2, 0.25) is 0 Å². The largest absolute Gasteiger partial charge is 0.379 e. The van der Waals surface area contributed by atoms with E-state index in [0.717, 1.165) is 26.3 Å². The summed E-state index contributed by atoms with van der Waals surface area (Å²) in [4.78, 5) is 2.39. The molecule has 0 aliphatic carbocycles. The van der Waals surface area contributed by atoms with E-state index in [-0.39, 0.29) is 0 Å². The number of morpholine rings is 1. The van der Waals surface area contributed by atoms with Gasteiger partial charge in [0.1, 0.15) is 0 Å². The molecule has 100 valence electrons. The highest BCUT2D eigenvalue weighted by Gasteiger charge is 2.05. The number of likely N-dealkylation sites (N-methyl/N-ethyl adjacent to an activating group) is 1. The summed E-state index contributed by atoms with van der Waals surface area (Å²) in [7, 11) is 0. The molecule has 1 rings (SSSR count). The Balaban J connectivity index is 0. The first-order valence-electron chi connectivity index (χ1n) is 6.55. The molecule has 0 spiro atoms. The van der Waals surface area contributed by atoms with E-state index in [1.54, 1.807) is 6.08 Å². The second kappa shape index (κ2) is 17.5. The number of hydrogen-bond donors (Lipinski definition) is 0. The standard InChI is InChI=1S/C7H10.C6H13NO.C2H6/c1-3-5-7-6-4-2;1-2-7-3-5-8-6-4-7;1-2/h3-7H,1H2,2H3;2-6H2,1H3;1-2H3/b6-4-,7-5-;;. The maximum absolute atomic E-state index is 5.16. The van der Waals surface area contributed by atoms with Crippen LogP contribution in [0.2, 0.25) is 0 Å². The highest BCUT2D eigenvalue weighted by molar-refractivity contribution is 5.07. The Hall–Kier alpha value is -0.860. The van der Waals surface area contributed by atoms with Crippen LogP contribution in [0.3, 0.4) is 0 Å². The lowest BCUT2D eigenvalue weighted by Gasteiger charge is -2.24. The van der Waals surface area contributed by atoms with Crippen molar-refractivity contribution in [2.75, 3.05) is 32.8 Å². The summed E-state index contributed by atoms with van der Waals surface area (Å²) < 4.78 is 5.16. The molecule has 1 heterocycles. The van der Waals surface area contributed by atoms with E-state index in [4.69, 9.17) is 4.74 Å². The average Bonchev–Trinajstić information content (AvgIpc) is 2.43. The van der Waals surface area contributed by atoms with Gasteiger partial charge in [-0.3, -0.25) is 4.90 Å². The minimum Gasteiger partial charge on any atom is -0.379 e. The molecule has 1 aliphatic heterocycles. The van der Waals surface area contributed by atoms with Crippen LogP contribution in [-0.4, -0.2) is 37.7 Å². The van der Waals surface area contributed by atoms with E-state index in [1.807, 2.05) is 45.1 Å². The van der Waals surface area contributed by atoms with Crippen molar-refractivity contribution in [2.24, 2.45) is 0 Å². The molecule has 0 aromatic rings. The Morgan fingerprint density at radius 2 is 1.71 bits per heavy atom. The third-order valence-electron chi connectivity index (χ3n) is 2.10. The van der Waals surface area contributed by atoms with E-state index in [0.29, 0.717) is 0 Å².